The van der Waals surface area contributed by atoms with Crippen LogP contribution in [0.25, 0.3) is 0 Å². The molecule has 0 aromatic rings. The topological polar surface area (TPSA) is 46.3 Å². The molecule has 0 aromatic heterocycles. The van der Waals surface area contributed by atoms with E-state index in [9.17, 15) is 18.0 Å². The van der Waals surface area contributed by atoms with Gasteiger partial charge in [-0.05, 0) is 32.2 Å². The molecule has 0 bridgehead atoms. The molecule has 17 heavy (non-hydrogen) atoms. The molecule has 100 valence electrons. The zero-order valence-electron chi connectivity index (χ0n) is 9.96. The van der Waals surface area contributed by atoms with E-state index in [1.165, 1.54) is 0 Å². The molecule has 0 aliphatic heterocycles. The molecule has 0 heterocycles. The maximum atomic E-state index is 12.3. The Balaban J connectivity index is 2.65. The Morgan fingerprint density at radius 3 is 2.53 bits per heavy atom. The van der Waals surface area contributed by atoms with Crippen molar-refractivity contribution in [3.8, 4) is 0 Å². The van der Waals surface area contributed by atoms with Crippen molar-refractivity contribution in [1.82, 2.24) is 4.90 Å². The molecule has 1 saturated carbocycles. The van der Waals surface area contributed by atoms with Gasteiger partial charge < -0.3 is 10.6 Å². The Bertz CT molecular complexity index is 268. The minimum atomic E-state index is -4.33. The molecule has 0 aromatic carbocycles. The second-order valence-corrected chi connectivity index (χ2v) is 4.50. The molecule has 0 saturated heterocycles. The molecule has 2 atom stereocenters. The van der Waals surface area contributed by atoms with Gasteiger partial charge in [0.05, 0.1) is 0 Å². The largest absolute Gasteiger partial charge is 0.406 e. The lowest BCUT2D eigenvalue weighted by atomic mass is 9.94. The Labute approximate surface area is 99.1 Å². The molecule has 1 amide bonds. The summed E-state index contributed by atoms with van der Waals surface area (Å²) in [7, 11) is 0. The average Bonchev–Trinajstić information content (AvgIpc) is 2.71. The van der Waals surface area contributed by atoms with Gasteiger partial charge in [-0.2, -0.15) is 13.2 Å². The average molecular weight is 252 g/mol. The van der Waals surface area contributed by atoms with Crippen LogP contribution in [0.3, 0.4) is 0 Å². The minimum Gasteiger partial charge on any atom is -0.334 e. The van der Waals surface area contributed by atoms with Crippen molar-refractivity contribution in [3.63, 3.8) is 0 Å². The van der Waals surface area contributed by atoms with Crippen LogP contribution in [-0.4, -0.2) is 36.6 Å². The fourth-order valence-corrected chi connectivity index (χ4v) is 2.44. The summed E-state index contributed by atoms with van der Waals surface area (Å²) in [5.74, 6) is -0.662. The van der Waals surface area contributed by atoms with Gasteiger partial charge in [0.2, 0.25) is 5.91 Å². The first-order valence-corrected chi connectivity index (χ1v) is 5.94. The smallest absolute Gasteiger partial charge is 0.334 e. The second-order valence-electron chi connectivity index (χ2n) is 4.50. The maximum absolute atomic E-state index is 12.3. The number of halogens is 3. The van der Waals surface area contributed by atoms with Crippen LogP contribution in [0.15, 0.2) is 0 Å². The highest BCUT2D eigenvalue weighted by Gasteiger charge is 2.38. The molecular formula is C11H19F3N2O. The van der Waals surface area contributed by atoms with Gasteiger partial charge in [-0.15, -0.1) is 0 Å². The first-order valence-electron chi connectivity index (χ1n) is 5.94. The fraction of sp³-hybridized carbons (Fsp3) is 0.909. The van der Waals surface area contributed by atoms with Crippen molar-refractivity contribution < 1.29 is 18.0 Å². The van der Waals surface area contributed by atoms with Crippen molar-refractivity contribution in [1.29, 1.82) is 0 Å². The van der Waals surface area contributed by atoms with Crippen LogP contribution in [0.4, 0.5) is 13.2 Å². The summed E-state index contributed by atoms with van der Waals surface area (Å²) >= 11 is 0. The fourth-order valence-electron chi connectivity index (χ4n) is 2.44. The molecule has 6 heteroatoms. The summed E-state index contributed by atoms with van der Waals surface area (Å²) < 4.78 is 36.9. The van der Waals surface area contributed by atoms with E-state index in [0.717, 1.165) is 17.7 Å². The Hall–Kier alpha value is -0.780. The predicted molar refractivity (Wildman–Crippen MR) is 58.2 cm³/mol. The molecule has 2 N–H and O–H groups in total. The van der Waals surface area contributed by atoms with Crippen LogP contribution in [0, 0.1) is 11.8 Å². The predicted octanol–water partition coefficient (Wildman–Crippen LogP) is 1.77. The summed E-state index contributed by atoms with van der Waals surface area (Å²) in [4.78, 5) is 12.9. The van der Waals surface area contributed by atoms with Crippen LogP contribution < -0.4 is 5.73 Å². The summed E-state index contributed by atoms with van der Waals surface area (Å²) in [6, 6.07) is 0. The van der Waals surface area contributed by atoms with E-state index in [2.05, 4.69) is 0 Å². The van der Waals surface area contributed by atoms with Gasteiger partial charge in [0.25, 0.3) is 0 Å². The number of nitrogens with two attached hydrogens (primary N) is 1. The van der Waals surface area contributed by atoms with E-state index in [0.29, 0.717) is 13.0 Å². The van der Waals surface area contributed by atoms with Crippen molar-refractivity contribution in [2.45, 2.75) is 32.4 Å². The van der Waals surface area contributed by atoms with Crippen molar-refractivity contribution in [3.05, 3.63) is 0 Å². The molecule has 2 unspecified atom stereocenters. The number of hydrogen-bond donors (Lipinski definition) is 1. The number of hydrogen-bond acceptors (Lipinski definition) is 2. The van der Waals surface area contributed by atoms with Gasteiger partial charge in [-0.25, -0.2) is 0 Å². The van der Waals surface area contributed by atoms with Gasteiger partial charge in [0.15, 0.2) is 0 Å². The lowest BCUT2D eigenvalue weighted by Crippen LogP contribution is -2.43. The van der Waals surface area contributed by atoms with E-state index in [1.807, 2.05) is 0 Å². The van der Waals surface area contributed by atoms with E-state index >= 15 is 0 Å². The highest BCUT2D eigenvalue weighted by molar-refractivity contribution is 5.79. The van der Waals surface area contributed by atoms with Gasteiger partial charge in [-0.3, -0.25) is 4.79 Å². The molecule has 3 nitrogen and oxygen atoms in total. The third-order valence-corrected chi connectivity index (χ3v) is 3.34. The third-order valence-electron chi connectivity index (χ3n) is 3.34. The molecule has 0 radical (unpaired) electrons. The van der Waals surface area contributed by atoms with Crippen molar-refractivity contribution in [2.24, 2.45) is 17.6 Å². The van der Waals surface area contributed by atoms with Gasteiger partial charge >= 0.3 is 6.18 Å². The Morgan fingerprint density at radius 1 is 1.41 bits per heavy atom. The highest BCUT2D eigenvalue weighted by Crippen LogP contribution is 2.33. The third kappa shape index (κ3) is 3.87. The van der Waals surface area contributed by atoms with Crippen LogP contribution in [0.5, 0.6) is 0 Å². The monoisotopic (exact) mass is 252 g/mol. The zero-order chi connectivity index (χ0) is 13.1. The van der Waals surface area contributed by atoms with Crippen LogP contribution in [0.1, 0.15) is 26.2 Å². The quantitative estimate of drug-likeness (QED) is 0.829. The molecule has 1 aliphatic carbocycles. The summed E-state index contributed by atoms with van der Waals surface area (Å²) in [5.41, 5.74) is 5.54. The number of carbonyl (C=O) groups excluding carboxylic acids is 1. The standard InChI is InChI=1S/C11H19F3N2O/c1-2-16(7-11(12,13)14)10(17)9-5-3-4-8(9)6-15/h8-9H,2-7,15H2,1H3. The first-order chi connectivity index (χ1) is 7.89. The van der Waals surface area contributed by atoms with Gasteiger partial charge in [0, 0.05) is 12.5 Å². The maximum Gasteiger partial charge on any atom is 0.406 e. The van der Waals surface area contributed by atoms with Crippen LogP contribution in [0.2, 0.25) is 0 Å². The van der Waals surface area contributed by atoms with Crippen LogP contribution >= 0.6 is 0 Å². The van der Waals surface area contributed by atoms with Crippen molar-refractivity contribution >= 4 is 5.91 Å². The molecule has 0 spiro atoms. The lowest BCUT2D eigenvalue weighted by Gasteiger charge is -2.27. The highest BCUT2D eigenvalue weighted by atomic mass is 19.4. The van der Waals surface area contributed by atoms with Gasteiger partial charge in [-0.1, -0.05) is 6.42 Å². The van der Waals surface area contributed by atoms with Crippen LogP contribution in [-0.2, 0) is 4.79 Å². The molecule has 1 rings (SSSR count). The van der Waals surface area contributed by atoms with E-state index in [-0.39, 0.29) is 18.4 Å². The van der Waals surface area contributed by atoms with E-state index < -0.39 is 18.6 Å². The zero-order valence-corrected chi connectivity index (χ0v) is 9.96. The number of nitrogens with zero attached hydrogens (tertiary/aromatic N) is 1. The number of alkyl halides is 3. The van der Waals surface area contributed by atoms with Crippen molar-refractivity contribution in [2.75, 3.05) is 19.6 Å². The lowest BCUT2D eigenvalue weighted by molar-refractivity contribution is -0.164. The normalized spacial score (nSPS) is 25.0. The van der Waals surface area contributed by atoms with Gasteiger partial charge in [0.1, 0.15) is 6.54 Å². The summed E-state index contributed by atoms with van der Waals surface area (Å²) in [5, 5.41) is 0. The number of amides is 1. The first kappa shape index (κ1) is 14.3. The molecule has 1 fully saturated rings. The SMILES string of the molecule is CCN(CC(F)(F)F)C(=O)C1CCCC1CN. The summed E-state index contributed by atoms with van der Waals surface area (Å²) in [6.07, 6.45) is -1.95. The van der Waals surface area contributed by atoms with E-state index in [1.54, 1.807) is 6.92 Å². The molecule has 1 aliphatic rings. The number of carbonyl (C=O) groups is 1. The Kier molecular flexibility index (Phi) is 4.80. The summed E-state index contributed by atoms with van der Waals surface area (Å²) in [6.45, 7) is 0.873. The van der Waals surface area contributed by atoms with E-state index in [4.69, 9.17) is 5.73 Å². The Morgan fingerprint density at radius 2 is 2.06 bits per heavy atom. The second kappa shape index (κ2) is 5.71. The molecular weight excluding hydrogens is 233 g/mol. The minimum absolute atomic E-state index is 0.0461. The number of rotatable bonds is 4.